The zero-order valence-electron chi connectivity index (χ0n) is 19.5. The van der Waals surface area contributed by atoms with Crippen LogP contribution in [0, 0.1) is 0 Å². The normalized spacial score (nSPS) is 11.2. The standard InChI is InChI=1S/C32H20.C2H6/c1-2-7-24-19-32-28(17-23(24)6-1)14-11-22-9-12-26(20-31(22)32)25-15-16-30-27(18-25)13-10-21-5-3-4-8-29(21)30;1-2/h1-20H;1-2H3. The van der Waals surface area contributed by atoms with Gasteiger partial charge in [-0.25, -0.2) is 0 Å². The summed E-state index contributed by atoms with van der Waals surface area (Å²) >= 11 is 0. The van der Waals surface area contributed by atoms with E-state index < -0.39 is 0 Å². The molecule has 0 nitrogen and oxygen atoms in total. The summed E-state index contributed by atoms with van der Waals surface area (Å²) in [6.07, 6.45) is 0. The SMILES string of the molecule is CC.c1ccc2cc3c(ccc4ccc(-c5ccc6c(ccc7ccccc76)c5)cc43)cc2c1. The fourth-order valence-corrected chi connectivity index (χ4v) is 5.12. The summed E-state index contributed by atoms with van der Waals surface area (Å²) in [4.78, 5) is 0. The Balaban J connectivity index is 0.00000106. The van der Waals surface area contributed by atoms with Gasteiger partial charge >= 0.3 is 0 Å². The van der Waals surface area contributed by atoms with Crippen LogP contribution in [0.4, 0.5) is 0 Å². The molecule has 0 bridgehead atoms. The topological polar surface area (TPSA) is 0 Å². The van der Waals surface area contributed by atoms with Crippen molar-refractivity contribution < 1.29 is 0 Å². The highest BCUT2D eigenvalue weighted by molar-refractivity contribution is 6.13. The molecule has 0 aliphatic carbocycles. The van der Waals surface area contributed by atoms with Crippen LogP contribution in [0.15, 0.2) is 121 Å². The van der Waals surface area contributed by atoms with E-state index in [1.54, 1.807) is 0 Å². The van der Waals surface area contributed by atoms with Gasteiger partial charge in [0.25, 0.3) is 0 Å². The lowest BCUT2D eigenvalue weighted by molar-refractivity contribution is 1.50. The van der Waals surface area contributed by atoms with E-state index in [9.17, 15) is 0 Å². The van der Waals surface area contributed by atoms with Crippen molar-refractivity contribution in [3.8, 4) is 11.1 Å². The number of benzene rings is 7. The van der Waals surface area contributed by atoms with Crippen molar-refractivity contribution in [2.45, 2.75) is 13.8 Å². The van der Waals surface area contributed by atoms with Gasteiger partial charge in [-0.2, -0.15) is 0 Å². The van der Waals surface area contributed by atoms with Gasteiger partial charge in [-0.05, 0) is 89.3 Å². The van der Waals surface area contributed by atoms with Gasteiger partial charge in [-0.1, -0.05) is 111 Å². The van der Waals surface area contributed by atoms with Gasteiger partial charge in [-0.3, -0.25) is 0 Å². The van der Waals surface area contributed by atoms with Gasteiger partial charge in [0.1, 0.15) is 0 Å². The number of rotatable bonds is 1. The summed E-state index contributed by atoms with van der Waals surface area (Å²) in [5, 5.41) is 13.0. The monoisotopic (exact) mass is 434 g/mol. The number of fused-ring (bicyclic) bond motifs is 7. The molecule has 7 rings (SSSR count). The molecule has 0 aliphatic heterocycles. The summed E-state index contributed by atoms with van der Waals surface area (Å²) in [7, 11) is 0. The summed E-state index contributed by atoms with van der Waals surface area (Å²) in [5.41, 5.74) is 2.51. The Morgan fingerprint density at radius 2 is 0.765 bits per heavy atom. The fraction of sp³-hybridized carbons (Fsp3) is 0.0588. The minimum atomic E-state index is 1.26. The van der Waals surface area contributed by atoms with Crippen LogP contribution in [-0.2, 0) is 0 Å². The lowest BCUT2D eigenvalue weighted by atomic mass is 9.94. The van der Waals surface area contributed by atoms with Crippen LogP contribution in [0.5, 0.6) is 0 Å². The van der Waals surface area contributed by atoms with Crippen LogP contribution in [0.1, 0.15) is 13.8 Å². The highest BCUT2D eigenvalue weighted by Gasteiger charge is 2.07. The smallest absolute Gasteiger partial charge is 0.00988 e. The van der Waals surface area contributed by atoms with Crippen molar-refractivity contribution in [3.63, 3.8) is 0 Å². The molecule has 0 fully saturated rings. The highest BCUT2D eigenvalue weighted by atomic mass is 14.1. The summed E-state index contributed by atoms with van der Waals surface area (Å²) < 4.78 is 0. The van der Waals surface area contributed by atoms with E-state index in [0.29, 0.717) is 0 Å². The lowest BCUT2D eigenvalue weighted by Gasteiger charge is -2.10. The molecule has 0 aliphatic rings. The first-order chi connectivity index (χ1) is 16.8. The maximum absolute atomic E-state index is 2.36. The molecule has 162 valence electrons. The molecule has 7 aromatic carbocycles. The van der Waals surface area contributed by atoms with Gasteiger partial charge in [0.15, 0.2) is 0 Å². The maximum atomic E-state index is 2.36. The molecular formula is C34H26. The van der Waals surface area contributed by atoms with Crippen LogP contribution >= 0.6 is 0 Å². The Hall–Kier alpha value is -4.16. The highest BCUT2D eigenvalue weighted by Crippen LogP contribution is 2.34. The quantitative estimate of drug-likeness (QED) is 0.178. The van der Waals surface area contributed by atoms with E-state index in [1.165, 1.54) is 65.0 Å². The number of hydrogen-bond acceptors (Lipinski definition) is 0. The molecule has 7 aromatic rings. The second-order valence-corrected chi connectivity index (χ2v) is 8.64. The average Bonchev–Trinajstić information content (AvgIpc) is 2.92. The predicted octanol–water partition coefficient (Wildman–Crippen LogP) is 10.1. The Morgan fingerprint density at radius 3 is 1.56 bits per heavy atom. The van der Waals surface area contributed by atoms with Crippen LogP contribution in [0.25, 0.3) is 65.0 Å². The largest absolute Gasteiger partial charge is 0.0683 e. The lowest BCUT2D eigenvalue weighted by Crippen LogP contribution is -1.84. The Bertz CT molecular complexity index is 1820. The van der Waals surface area contributed by atoms with Gasteiger partial charge in [0, 0.05) is 0 Å². The molecule has 0 radical (unpaired) electrons. The Labute approximate surface area is 200 Å². The van der Waals surface area contributed by atoms with E-state index >= 15 is 0 Å². The van der Waals surface area contributed by atoms with E-state index in [2.05, 4.69) is 121 Å². The van der Waals surface area contributed by atoms with Crippen molar-refractivity contribution in [1.29, 1.82) is 0 Å². The second kappa shape index (κ2) is 8.32. The third-order valence-corrected chi connectivity index (χ3v) is 6.78. The van der Waals surface area contributed by atoms with Gasteiger partial charge < -0.3 is 0 Å². The molecule has 0 saturated carbocycles. The summed E-state index contributed by atoms with van der Waals surface area (Å²) in [6.45, 7) is 4.00. The molecule has 0 spiro atoms. The molecule has 0 atom stereocenters. The second-order valence-electron chi connectivity index (χ2n) is 8.64. The molecule has 0 N–H and O–H groups in total. The molecule has 0 unspecified atom stereocenters. The predicted molar refractivity (Wildman–Crippen MR) is 151 cm³/mol. The number of hydrogen-bond donors (Lipinski definition) is 0. The third-order valence-electron chi connectivity index (χ3n) is 6.78. The maximum Gasteiger partial charge on any atom is -0.00988 e. The van der Waals surface area contributed by atoms with Crippen LogP contribution < -0.4 is 0 Å². The molecule has 34 heavy (non-hydrogen) atoms. The minimum Gasteiger partial charge on any atom is -0.0683 e. The fourth-order valence-electron chi connectivity index (χ4n) is 5.12. The van der Waals surface area contributed by atoms with Gasteiger partial charge in [-0.15, -0.1) is 0 Å². The minimum absolute atomic E-state index is 1.26. The molecular weight excluding hydrogens is 408 g/mol. The van der Waals surface area contributed by atoms with E-state index in [1.807, 2.05) is 13.8 Å². The third kappa shape index (κ3) is 3.31. The zero-order chi connectivity index (χ0) is 23.1. The van der Waals surface area contributed by atoms with E-state index in [-0.39, 0.29) is 0 Å². The molecule has 0 heteroatoms. The van der Waals surface area contributed by atoms with Crippen LogP contribution in [0.2, 0.25) is 0 Å². The summed E-state index contributed by atoms with van der Waals surface area (Å²) in [5.74, 6) is 0. The van der Waals surface area contributed by atoms with Crippen molar-refractivity contribution in [3.05, 3.63) is 121 Å². The zero-order valence-corrected chi connectivity index (χ0v) is 19.5. The van der Waals surface area contributed by atoms with Crippen molar-refractivity contribution in [2.24, 2.45) is 0 Å². The molecule has 0 saturated heterocycles. The first-order valence-electron chi connectivity index (χ1n) is 12.1. The van der Waals surface area contributed by atoms with Gasteiger partial charge in [0.05, 0.1) is 0 Å². The van der Waals surface area contributed by atoms with Crippen molar-refractivity contribution in [1.82, 2.24) is 0 Å². The van der Waals surface area contributed by atoms with Crippen molar-refractivity contribution in [2.75, 3.05) is 0 Å². The molecule has 0 amide bonds. The van der Waals surface area contributed by atoms with E-state index in [0.717, 1.165) is 0 Å². The summed E-state index contributed by atoms with van der Waals surface area (Å²) in [6, 6.07) is 44.5. The molecule has 0 heterocycles. The Kier molecular flexibility index (Phi) is 5.00. The van der Waals surface area contributed by atoms with Gasteiger partial charge in [0.2, 0.25) is 0 Å². The average molecular weight is 435 g/mol. The Morgan fingerprint density at radius 1 is 0.294 bits per heavy atom. The van der Waals surface area contributed by atoms with Crippen LogP contribution in [0.3, 0.4) is 0 Å². The molecule has 0 aromatic heterocycles. The van der Waals surface area contributed by atoms with Crippen molar-refractivity contribution >= 4 is 53.9 Å². The first-order valence-corrected chi connectivity index (χ1v) is 12.1. The van der Waals surface area contributed by atoms with E-state index in [4.69, 9.17) is 0 Å². The van der Waals surface area contributed by atoms with Crippen LogP contribution in [-0.4, -0.2) is 0 Å². The first kappa shape index (κ1) is 20.4.